The van der Waals surface area contributed by atoms with E-state index in [4.69, 9.17) is 4.74 Å². The lowest BCUT2D eigenvalue weighted by Gasteiger charge is -2.47. The third kappa shape index (κ3) is 2.13. The highest BCUT2D eigenvalue weighted by Crippen LogP contribution is 2.35. The largest absolute Gasteiger partial charge is 0.380 e. The highest BCUT2D eigenvalue weighted by Gasteiger charge is 2.40. The molecule has 1 aliphatic carbocycles. The standard InChI is InChI=1S/C13H24N2O/c1-13(5-2-8-16-10-13)15-7-6-14-12(9-15)11-3-4-11/h11-12,14H,2-10H2,1H3. The monoisotopic (exact) mass is 224 g/mol. The van der Waals surface area contributed by atoms with Gasteiger partial charge in [-0.15, -0.1) is 0 Å². The van der Waals surface area contributed by atoms with Gasteiger partial charge in [-0.25, -0.2) is 0 Å². The van der Waals surface area contributed by atoms with Gasteiger partial charge in [0.25, 0.3) is 0 Å². The Labute approximate surface area is 98.5 Å². The summed E-state index contributed by atoms with van der Waals surface area (Å²) in [6, 6.07) is 0.757. The Morgan fingerprint density at radius 1 is 1.38 bits per heavy atom. The Kier molecular flexibility index (Phi) is 2.94. The number of nitrogens with zero attached hydrogens (tertiary/aromatic N) is 1. The molecule has 3 aliphatic rings. The maximum Gasteiger partial charge on any atom is 0.0647 e. The van der Waals surface area contributed by atoms with Gasteiger partial charge in [0.1, 0.15) is 0 Å². The van der Waals surface area contributed by atoms with Gasteiger partial charge in [0.15, 0.2) is 0 Å². The number of piperazine rings is 1. The van der Waals surface area contributed by atoms with E-state index < -0.39 is 0 Å². The molecule has 1 N–H and O–H groups in total. The molecular formula is C13H24N2O. The zero-order valence-corrected chi connectivity index (χ0v) is 10.4. The first-order valence-corrected chi connectivity index (χ1v) is 6.84. The molecule has 0 aromatic carbocycles. The third-order valence-corrected chi connectivity index (χ3v) is 4.58. The lowest BCUT2D eigenvalue weighted by molar-refractivity contribution is -0.0508. The number of ether oxygens (including phenoxy) is 1. The van der Waals surface area contributed by atoms with Gasteiger partial charge in [-0.3, -0.25) is 4.90 Å². The highest BCUT2D eigenvalue weighted by atomic mass is 16.5. The normalized spacial score (nSPS) is 42.2. The zero-order chi connectivity index (χ0) is 11.0. The van der Waals surface area contributed by atoms with Crippen LogP contribution in [0.3, 0.4) is 0 Å². The summed E-state index contributed by atoms with van der Waals surface area (Å²) in [6.07, 6.45) is 5.43. The average Bonchev–Trinajstić information content (AvgIpc) is 3.14. The minimum absolute atomic E-state index is 0.313. The summed E-state index contributed by atoms with van der Waals surface area (Å²) in [5.74, 6) is 0.968. The molecule has 0 amide bonds. The molecule has 1 saturated carbocycles. The van der Waals surface area contributed by atoms with Crippen LogP contribution in [0.2, 0.25) is 0 Å². The number of hydrogen-bond donors (Lipinski definition) is 1. The van der Waals surface area contributed by atoms with Crippen molar-refractivity contribution in [1.29, 1.82) is 0 Å². The van der Waals surface area contributed by atoms with E-state index in [1.807, 2.05) is 0 Å². The van der Waals surface area contributed by atoms with Crippen LogP contribution in [0, 0.1) is 5.92 Å². The molecule has 2 heterocycles. The van der Waals surface area contributed by atoms with Crippen LogP contribution < -0.4 is 5.32 Å². The van der Waals surface area contributed by atoms with Crippen LogP contribution in [0.1, 0.15) is 32.6 Å². The zero-order valence-electron chi connectivity index (χ0n) is 10.4. The number of rotatable bonds is 2. The van der Waals surface area contributed by atoms with Crippen molar-refractivity contribution in [3.8, 4) is 0 Å². The van der Waals surface area contributed by atoms with Gasteiger partial charge in [0, 0.05) is 37.8 Å². The fourth-order valence-electron chi connectivity index (χ4n) is 3.25. The van der Waals surface area contributed by atoms with Gasteiger partial charge in [0.05, 0.1) is 6.61 Å². The van der Waals surface area contributed by atoms with Crippen molar-refractivity contribution in [1.82, 2.24) is 10.2 Å². The second-order valence-electron chi connectivity index (χ2n) is 6.00. The Morgan fingerprint density at radius 3 is 2.94 bits per heavy atom. The predicted molar refractivity (Wildman–Crippen MR) is 64.5 cm³/mol. The molecule has 3 nitrogen and oxygen atoms in total. The molecule has 92 valence electrons. The van der Waals surface area contributed by atoms with Crippen molar-refractivity contribution < 1.29 is 4.74 Å². The Bertz CT molecular complexity index is 246. The first kappa shape index (κ1) is 11.0. The summed E-state index contributed by atoms with van der Waals surface area (Å²) in [5.41, 5.74) is 0.313. The first-order valence-electron chi connectivity index (χ1n) is 6.84. The summed E-state index contributed by atoms with van der Waals surface area (Å²) < 4.78 is 5.69. The lowest BCUT2D eigenvalue weighted by Crippen LogP contribution is -2.61. The van der Waals surface area contributed by atoms with E-state index in [9.17, 15) is 0 Å². The molecule has 2 saturated heterocycles. The van der Waals surface area contributed by atoms with Crippen LogP contribution >= 0.6 is 0 Å². The van der Waals surface area contributed by atoms with Gasteiger partial charge < -0.3 is 10.1 Å². The Balaban J connectivity index is 1.63. The van der Waals surface area contributed by atoms with Crippen molar-refractivity contribution in [2.45, 2.75) is 44.2 Å². The molecule has 2 atom stereocenters. The van der Waals surface area contributed by atoms with Crippen LogP contribution in [0.5, 0.6) is 0 Å². The van der Waals surface area contributed by atoms with Gasteiger partial charge in [0.2, 0.25) is 0 Å². The summed E-state index contributed by atoms with van der Waals surface area (Å²) in [5, 5.41) is 3.68. The SMILES string of the molecule is CC1(N2CCNC(C3CC3)C2)CCCOC1. The van der Waals surface area contributed by atoms with E-state index in [1.54, 1.807) is 0 Å². The molecule has 3 fully saturated rings. The van der Waals surface area contributed by atoms with Crippen molar-refractivity contribution in [2.24, 2.45) is 5.92 Å². The van der Waals surface area contributed by atoms with Crippen molar-refractivity contribution >= 4 is 0 Å². The minimum atomic E-state index is 0.313. The van der Waals surface area contributed by atoms with E-state index in [2.05, 4.69) is 17.1 Å². The third-order valence-electron chi connectivity index (χ3n) is 4.58. The van der Waals surface area contributed by atoms with Crippen LogP contribution in [-0.2, 0) is 4.74 Å². The molecule has 0 radical (unpaired) electrons. The number of hydrogen-bond acceptors (Lipinski definition) is 3. The highest BCUT2D eigenvalue weighted by molar-refractivity contribution is 4.97. The fraction of sp³-hybridized carbons (Fsp3) is 1.00. The van der Waals surface area contributed by atoms with E-state index in [1.165, 1.54) is 38.8 Å². The lowest BCUT2D eigenvalue weighted by atomic mass is 9.91. The van der Waals surface area contributed by atoms with Gasteiger partial charge in [-0.05, 0) is 38.5 Å². The van der Waals surface area contributed by atoms with Crippen LogP contribution in [0.4, 0.5) is 0 Å². The van der Waals surface area contributed by atoms with Gasteiger partial charge >= 0.3 is 0 Å². The Morgan fingerprint density at radius 2 is 2.25 bits per heavy atom. The van der Waals surface area contributed by atoms with Crippen LogP contribution in [0.15, 0.2) is 0 Å². The molecule has 2 unspecified atom stereocenters. The number of nitrogens with one attached hydrogen (secondary N) is 1. The molecule has 0 aromatic heterocycles. The molecule has 2 aliphatic heterocycles. The minimum Gasteiger partial charge on any atom is -0.380 e. The quantitative estimate of drug-likeness (QED) is 0.764. The average molecular weight is 224 g/mol. The summed E-state index contributed by atoms with van der Waals surface area (Å²) in [6.45, 7) is 7.89. The smallest absolute Gasteiger partial charge is 0.0647 e. The van der Waals surface area contributed by atoms with E-state index in [0.717, 1.165) is 31.7 Å². The summed E-state index contributed by atoms with van der Waals surface area (Å²) >= 11 is 0. The van der Waals surface area contributed by atoms with Crippen molar-refractivity contribution in [3.05, 3.63) is 0 Å². The maximum atomic E-state index is 5.69. The second-order valence-corrected chi connectivity index (χ2v) is 6.00. The molecular weight excluding hydrogens is 200 g/mol. The van der Waals surface area contributed by atoms with E-state index in [0.29, 0.717) is 5.54 Å². The van der Waals surface area contributed by atoms with E-state index >= 15 is 0 Å². The van der Waals surface area contributed by atoms with Crippen molar-refractivity contribution in [2.75, 3.05) is 32.8 Å². The summed E-state index contributed by atoms with van der Waals surface area (Å²) in [7, 11) is 0. The molecule has 0 bridgehead atoms. The fourth-order valence-corrected chi connectivity index (χ4v) is 3.25. The second kappa shape index (κ2) is 4.28. The first-order chi connectivity index (χ1) is 7.78. The molecule has 16 heavy (non-hydrogen) atoms. The molecule has 3 rings (SSSR count). The summed E-state index contributed by atoms with van der Waals surface area (Å²) in [4.78, 5) is 2.69. The molecule has 3 heteroatoms. The molecule has 0 spiro atoms. The predicted octanol–water partition coefficient (Wildman–Crippen LogP) is 1.24. The molecule has 0 aromatic rings. The maximum absolute atomic E-state index is 5.69. The topological polar surface area (TPSA) is 24.5 Å². The van der Waals surface area contributed by atoms with Crippen LogP contribution in [0.25, 0.3) is 0 Å². The van der Waals surface area contributed by atoms with Crippen molar-refractivity contribution in [3.63, 3.8) is 0 Å². The van der Waals surface area contributed by atoms with E-state index in [-0.39, 0.29) is 0 Å². The van der Waals surface area contributed by atoms with Gasteiger partial charge in [-0.2, -0.15) is 0 Å². The van der Waals surface area contributed by atoms with Gasteiger partial charge in [-0.1, -0.05) is 0 Å². The van der Waals surface area contributed by atoms with Crippen LogP contribution in [-0.4, -0.2) is 49.3 Å². The Hall–Kier alpha value is -0.120.